The molecule has 0 fully saturated rings. The molecular formula is C16H21IN4O2S. The number of nitrogens with zero attached hydrogens (tertiary/aromatic N) is 2. The highest BCUT2D eigenvalue weighted by atomic mass is 127. The van der Waals surface area contributed by atoms with Gasteiger partial charge < -0.3 is 20.1 Å². The molecule has 8 heteroatoms. The van der Waals surface area contributed by atoms with E-state index in [1.54, 1.807) is 18.4 Å². The number of hydrogen-bond acceptors (Lipinski definition) is 5. The first-order chi connectivity index (χ1) is 11.3. The van der Waals surface area contributed by atoms with E-state index in [9.17, 15) is 0 Å². The van der Waals surface area contributed by atoms with Gasteiger partial charge in [-0.15, -0.1) is 35.3 Å². The van der Waals surface area contributed by atoms with Crippen LogP contribution in [0.1, 0.15) is 17.0 Å². The molecular weight excluding hydrogens is 439 g/mol. The number of aliphatic imine (C=N–C) groups is 1. The SMILES string of the molecule is CN=C(NCc1scnc1C)Nc1ccc2c(c1)OCCCO2.I. The fraction of sp³-hybridized carbons (Fsp3) is 0.375. The number of aryl methyl sites for hydroxylation is 1. The van der Waals surface area contributed by atoms with Gasteiger partial charge in [0.2, 0.25) is 0 Å². The zero-order valence-electron chi connectivity index (χ0n) is 13.7. The van der Waals surface area contributed by atoms with Gasteiger partial charge >= 0.3 is 0 Å². The third-order valence-corrected chi connectivity index (χ3v) is 4.43. The van der Waals surface area contributed by atoms with Crippen LogP contribution in [0.3, 0.4) is 0 Å². The number of anilines is 1. The van der Waals surface area contributed by atoms with Crippen molar-refractivity contribution in [2.75, 3.05) is 25.6 Å². The van der Waals surface area contributed by atoms with E-state index in [0.717, 1.165) is 29.3 Å². The summed E-state index contributed by atoms with van der Waals surface area (Å²) in [5.41, 5.74) is 3.81. The second-order valence-corrected chi connectivity index (χ2v) is 6.06. The van der Waals surface area contributed by atoms with Gasteiger partial charge in [0, 0.05) is 30.1 Å². The number of ether oxygens (including phenoxy) is 2. The summed E-state index contributed by atoms with van der Waals surface area (Å²) in [4.78, 5) is 9.70. The van der Waals surface area contributed by atoms with Crippen LogP contribution in [0.25, 0.3) is 0 Å². The molecule has 2 heterocycles. The molecule has 0 unspecified atom stereocenters. The van der Waals surface area contributed by atoms with Crippen molar-refractivity contribution < 1.29 is 9.47 Å². The maximum absolute atomic E-state index is 5.71. The van der Waals surface area contributed by atoms with Crippen molar-refractivity contribution in [2.45, 2.75) is 19.9 Å². The number of aromatic nitrogens is 1. The van der Waals surface area contributed by atoms with Crippen molar-refractivity contribution in [3.05, 3.63) is 34.3 Å². The predicted molar refractivity (Wildman–Crippen MR) is 108 cm³/mol. The first-order valence-electron chi connectivity index (χ1n) is 7.52. The molecule has 2 aromatic rings. The van der Waals surface area contributed by atoms with Gasteiger partial charge in [-0.2, -0.15) is 0 Å². The zero-order chi connectivity index (χ0) is 16.1. The van der Waals surface area contributed by atoms with E-state index in [0.29, 0.717) is 25.7 Å². The van der Waals surface area contributed by atoms with Gasteiger partial charge in [0.15, 0.2) is 17.5 Å². The fourth-order valence-corrected chi connectivity index (χ4v) is 2.93. The first kappa shape index (κ1) is 18.8. The largest absolute Gasteiger partial charge is 0.490 e. The zero-order valence-corrected chi connectivity index (χ0v) is 16.8. The molecule has 1 aliphatic heterocycles. The number of benzene rings is 1. The maximum atomic E-state index is 5.71. The molecule has 1 aromatic carbocycles. The quantitative estimate of drug-likeness (QED) is 0.418. The Bertz CT molecular complexity index is 705. The van der Waals surface area contributed by atoms with Gasteiger partial charge in [-0.25, -0.2) is 4.98 Å². The van der Waals surface area contributed by atoms with Gasteiger partial charge in [-0.05, 0) is 19.1 Å². The number of halogens is 1. The molecule has 130 valence electrons. The third-order valence-electron chi connectivity index (χ3n) is 3.50. The lowest BCUT2D eigenvalue weighted by Gasteiger charge is -2.13. The fourth-order valence-electron chi connectivity index (χ4n) is 2.22. The molecule has 0 saturated carbocycles. The van der Waals surface area contributed by atoms with E-state index in [1.807, 2.05) is 30.6 Å². The maximum Gasteiger partial charge on any atom is 0.195 e. The standard InChI is InChI=1S/C16H20N4O2S.HI/c1-11-15(23-10-19-11)9-18-16(17-2)20-12-4-5-13-14(8-12)22-7-3-6-21-13;/h4-5,8,10H,3,6-7,9H2,1-2H3,(H2,17,18,20);1H. The summed E-state index contributed by atoms with van der Waals surface area (Å²) in [5.74, 6) is 2.25. The van der Waals surface area contributed by atoms with E-state index in [2.05, 4.69) is 20.6 Å². The predicted octanol–water partition coefficient (Wildman–Crippen LogP) is 3.42. The summed E-state index contributed by atoms with van der Waals surface area (Å²) in [7, 11) is 1.75. The highest BCUT2D eigenvalue weighted by molar-refractivity contribution is 14.0. The van der Waals surface area contributed by atoms with Crippen LogP contribution in [0.2, 0.25) is 0 Å². The Kier molecular flexibility index (Phi) is 7.10. The van der Waals surface area contributed by atoms with Crippen LogP contribution in [0.4, 0.5) is 5.69 Å². The lowest BCUT2D eigenvalue weighted by Crippen LogP contribution is -2.30. The summed E-state index contributed by atoms with van der Waals surface area (Å²) >= 11 is 1.64. The van der Waals surface area contributed by atoms with E-state index in [1.165, 1.54) is 4.88 Å². The molecule has 0 radical (unpaired) electrons. The molecule has 1 aliphatic rings. The molecule has 0 atom stereocenters. The van der Waals surface area contributed by atoms with Crippen LogP contribution in [0.15, 0.2) is 28.7 Å². The monoisotopic (exact) mass is 460 g/mol. The minimum Gasteiger partial charge on any atom is -0.490 e. The first-order valence-corrected chi connectivity index (χ1v) is 8.40. The number of hydrogen-bond donors (Lipinski definition) is 2. The topological polar surface area (TPSA) is 67.8 Å². The van der Waals surface area contributed by atoms with Crippen molar-refractivity contribution in [3.8, 4) is 11.5 Å². The van der Waals surface area contributed by atoms with Crippen LogP contribution in [-0.4, -0.2) is 31.2 Å². The Morgan fingerprint density at radius 1 is 1.29 bits per heavy atom. The Morgan fingerprint density at radius 2 is 2.08 bits per heavy atom. The highest BCUT2D eigenvalue weighted by Gasteiger charge is 2.11. The van der Waals surface area contributed by atoms with Crippen LogP contribution in [-0.2, 0) is 6.54 Å². The Hall–Kier alpha value is -1.55. The second kappa shape index (κ2) is 9.07. The molecule has 0 saturated heterocycles. The van der Waals surface area contributed by atoms with Crippen molar-refractivity contribution in [3.63, 3.8) is 0 Å². The van der Waals surface area contributed by atoms with Crippen LogP contribution < -0.4 is 20.1 Å². The molecule has 0 bridgehead atoms. The number of rotatable bonds is 3. The summed E-state index contributed by atoms with van der Waals surface area (Å²) in [5, 5.41) is 6.56. The summed E-state index contributed by atoms with van der Waals surface area (Å²) in [6.07, 6.45) is 0.898. The molecule has 0 aliphatic carbocycles. The van der Waals surface area contributed by atoms with Gasteiger partial charge in [-0.3, -0.25) is 4.99 Å². The number of nitrogens with one attached hydrogen (secondary N) is 2. The summed E-state index contributed by atoms with van der Waals surface area (Å²) in [6, 6.07) is 5.81. The second-order valence-electron chi connectivity index (χ2n) is 5.12. The normalized spacial score (nSPS) is 13.7. The van der Waals surface area contributed by atoms with Gasteiger partial charge in [0.25, 0.3) is 0 Å². The van der Waals surface area contributed by atoms with Crippen LogP contribution in [0.5, 0.6) is 11.5 Å². The number of thiazole rings is 1. The number of fused-ring (bicyclic) bond motifs is 1. The van der Waals surface area contributed by atoms with E-state index < -0.39 is 0 Å². The van der Waals surface area contributed by atoms with Crippen LogP contribution >= 0.6 is 35.3 Å². The van der Waals surface area contributed by atoms with E-state index >= 15 is 0 Å². The average molecular weight is 460 g/mol. The van der Waals surface area contributed by atoms with Gasteiger partial charge in [0.1, 0.15) is 0 Å². The molecule has 3 rings (SSSR count). The molecule has 2 N–H and O–H groups in total. The minimum atomic E-state index is 0. The summed E-state index contributed by atoms with van der Waals surface area (Å²) in [6.45, 7) is 4.07. The van der Waals surface area contributed by atoms with Crippen molar-refractivity contribution >= 4 is 47.0 Å². The Balaban J connectivity index is 0.00000208. The molecule has 24 heavy (non-hydrogen) atoms. The summed E-state index contributed by atoms with van der Waals surface area (Å²) < 4.78 is 11.3. The molecule has 0 amide bonds. The molecule has 1 aromatic heterocycles. The average Bonchev–Trinajstić information content (AvgIpc) is 2.83. The smallest absolute Gasteiger partial charge is 0.195 e. The van der Waals surface area contributed by atoms with Crippen molar-refractivity contribution in [1.29, 1.82) is 0 Å². The van der Waals surface area contributed by atoms with E-state index in [-0.39, 0.29) is 24.0 Å². The highest BCUT2D eigenvalue weighted by Crippen LogP contribution is 2.32. The van der Waals surface area contributed by atoms with Crippen molar-refractivity contribution in [1.82, 2.24) is 10.3 Å². The Morgan fingerprint density at radius 3 is 2.79 bits per heavy atom. The molecule has 6 nitrogen and oxygen atoms in total. The van der Waals surface area contributed by atoms with E-state index in [4.69, 9.17) is 9.47 Å². The number of guanidine groups is 1. The lowest BCUT2D eigenvalue weighted by atomic mass is 10.2. The van der Waals surface area contributed by atoms with Gasteiger partial charge in [0.05, 0.1) is 31.0 Å². The van der Waals surface area contributed by atoms with Crippen molar-refractivity contribution in [2.24, 2.45) is 4.99 Å². The lowest BCUT2D eigenvalue weighted by molar-refractivity contribution is 0.297. The Labute approximate surface area is 162 Å². The minimum absolute atomic E-state index is 0. The third kappa shape index (κ3) is 4.73. The van der Waals surface area contributed by atoms with Crippen LogP contribution in [0, 0.1) is 6.92 Å². The molecule has 0 spiro atoms. The van der Waals surface area contributed by atoms with Gasteiger partial charge in [-0.1, -0.05) is 0 Å².